The molecule has 0 saturated heterocycles. The van der Waals surface area contributed by atoms with E-state index < -0.39 is 0 Å². The van der Waals surface area contributed by atoms with Crippen LogP contribution < -0.4 is 5.32 Å². The molecule has 0 bridgehead atoms. The molecule has 3 aromatic heterocycles. The first-order valence-corrected chi connectivity index (χ1v) is 7.68. The van der Waals surface area contributed by atoms with Gasteiger partial charge in [-0.3, -0.25) is 4.79 Å². The van der Waals surface area contributed by atoms with Crippen molar-refractivity contribution in [2.75, 3.05) is 6.54 Å². The van der Waals surface area contributed by atoms with Gasteiger partial charge in [-0.25, -0.2) is 19.6 Å². The molecular weight excluding hydrogens is 304 g/mol. The number of amides is 1. The molecule has 3 heterocycles. The molecule has 0 saturated carbocycles. The summed E-state index contributed by atoms with van der Waals surface area (Å²) in [5.41, 5.74) is 3.06. The molecule has 7 nitrogen and oxygen atoms in total. The maximum atomic E-state index is 12.0. The third-order valence-corrected chi connectivity index (χ3v) is 3.74. The third-order valence-electron chi connectivity index (χ3n) is 3.74. The smallest absolute Gasteiger partial charge is 0.289 e. The normalized spacial score (nSPS) is 10.6. The third kappa shape index (κ3) is 3.29. The number of carbonyl (C=O) groups is 1. The lowest BCUT2D eigenvalue weighted by Gasteiger charge is -2.06. The first-order chi connectivity index (χ1) is 11.7. The summed E-state index contributed by atoms with van der Waals surface area (Å²) in [7, 11) is 0. The van der Waals surface area contributed by atoms with Crippen LogP contribution in [0.15, 0.2) is 42.9 Å². The molecule has 0 spiro atoms. The Morgan fingerprint density at radius 2 is 1.83 bits per heavy atom. The molecule has 0 aromatic carbocycles. The van der Waals surface area contributed by atoms with Crippen LogP contribution >= 0.6 is 0 Å². The van der Waals surface area contributed by atoms with Crippen LogP contribution in [0.3, 0.4) is 0 Å². The molecule has 0 unspecified atom stereocenters. The first-order valence-electron chi connectivity index (χ1n) is 7.68. The first kappa shape index (κ1) is 15.8. The standard InChI is InChI=1S/C17H18N6O/c1-12-14(7-11-21-17(24)16-19-9-5-10-20-16)13(2)23(22-12)15-6-3-4-8-18-15/h3-6,8-10H,7,11H2,1-2H3,(H,21,24). The van der Waals surface area contributed by atoms with Gasteiger partial charge in [-0.05, 0) is 44.0 Å². The van der Waals surface area contributed by atoms with Gasteiger partial charge >= 0.3 is 0 Å². The molecule has 3 aromatic rings. The lowest BCUT2D eigenvalue weighted by molar-refractivity contribution is 0.0943. The number of carbonyl (C=O) groups excluding carboxylic acids is 1. The van der Waals surface area contributed by atoms with Gasteiger partial charge in [0.25, 0.3) is 5.91 Å². The predicted molar refractivity (Wildman–Crippen MR) is 88.9 cm³/mol. The van der Waals surface area contributed by atoms with Gasteiger partial charge in [0.1, 0.15) is 0 Å². The van der Waals surface area contributed by atoms with Gasteiger partial charge in [-0.15, -0.1) is 0 Å². The minimum Gasteiger partial charge on any atom is -0.349 e. The van der Waals surface area contributed by atoms with E-state index in [0.717, 1.165) is 22.8 Å². The van der Waals surface area contributed by atoms with Crippen molar-refractivity contribution in [3.63, 3.8) is 0 Å². The second kappa shape index (κ2) is 6.99. The highest BCUT2D eigenvalue weighted by atomic mass is 16.2. The molecule has 0 aliphatic rings. The van der Waals surface area contributed by atoms with E-state index in [4.69, 9.17) is 0 Å². The topological polar surface area (TPSA) is 85.6 Å². The number of aryl methyl sites for hydroxylation is 1. The summed E-state index contributed by atoms with van der Waals surface area (Å²) in [6.07, 6.45) is 5.52. The summed E-state index contributed by atoms with van der Waals surface area (Å²) < 4.78 is 1.83. The van der Waals surface area contributed by atoms with Crippen LogP contribution in [0.1, 0.15) is 27.6 Å². The molecular formula is C17H18N6O. The highest BCUT2D eigenvalue weighted by molar-refractivity contribution is 5.90. The number of rotatable bonds is 5. The lowest BCUT2D eigenvalue weighted by Crippen LogP contribution is -2.27. The van der Waals surface area contributed by atoms with Crippen LogP contribution in [0.4, 0.5) is 0 Å². The van der Waals surface area contributed by atoms with E-state index in [0.29, 0.717) is 13.0 Å². The minimum atomic E-state index is -0.275. The Balaban J connectivity index is 1.68. The molecule has 0 aliphatic carbocycles. The molecule has 0 aliphatic heterocycles. The molecule has 7 heteroatoms. The zero-order valence-corrected chi connectivity index (χ0v) is 13.6. The molecule has 0 fully saturated rings. The highest BCUT2D eigenvalue weighted by Crippen LogP contribution is 2.16. The Labute approximate surface area is 139 Å². The van der Waals surface area contributed by atoms with Gasteiger partial charge in [0, 0.05) is 30.8 Å². The lowest BCUT2D eigenvalue weighted by atomic mass is 10.1. The molecule has 1 amide bonds. The van der Waals surface area contributed by atoms with Gasteiger partial charge in [0.05, 0.1) is 5.69 Å². The number of hydrogen-bond donors (Lipinski definition) is 1. The van der Waals surface area contributed by atoms with Crippen molar-refractivity contribution in [3.8, 4) is 5.82 Å². The van der Waals surface area contributed by atoms with Crippen LogP contribution in [0.2, 0.25) is 0 Å². The Morgan fingerprint density at radius 1 is 1.08 bits per heavy atom. The van der Waals surface area contributed by atoms with Gasteiger partial charge in [-0.2, -0.15) is 5.10 Å². The van der Waals surface area contributed by atoms with E-state index in [2.05, 4.69) is 25.4 Å². The second-order valence-corrected chi connectivity index (χ2v) is 5.33. The maximum absolute atomic E-state index is 12.0. The molecule has 24 heavy (non-hydrogen) atoms. The highest BCUT2D eigenvalue weighted by Gasteiger charge is 2.14. The molecule has 1 N–H and O–H groups in total. The zero-order valence-electron chi connectivity index (χ0n) is 13.6. The van der Waals surface area contributed by atoms with Crippen molar-refractivity contribution in [2.24, 2.45) is 0 Å². The number of nitrogens with one attached hydrogen (secondary N) is 1. The maximum Gasteiger partial charge on any atom is 0.289 e. The van der Waals surface area contributed by atoms with Crippen molar-refractivity contribution in [2.45, 2.75) is 20.3 Å². The molecule has 0 radical (unpaired) electrons. The van der Waals surface area contributed by atoms with Crippen LogP contribution in [0.25, 0.3) is 5.82 Å². The largest absolute Gasteiger partial charge is 0.349 e. The summed E-state index contributed by atoms with van der Waals surface area (Å²) >= 11 is 0. The van der Waals surface area contributed by atoms with E-state index in [1.807, 2.05) is 36.7 Å². The Hall–Kier alpha value is -3.09. The van der Waals surface area contributed by atoms with E-state index in [9.17, 15) is 4.79 Å². The fourth-order valence-corrected chi connectivity index (χ4v) is 2.54. The van der Waals surface area contributed by atoms with Gasteiger partial charge in [-0.1, -0.05) is 6.07 Å². The number of nitrogens with zero attached hydrogens (tertiary/aromatic N) is 5. The average molecular weight is 322 g/mol. The predicted octanol–water partition coefficient (Wildman–Crippen LogP) is 1.65. The molecule has 0 atom stereocenters. The minimum absolute atomic E-state index is 0.176. The van der Waals surface area contributed by atoms with Crippen molar-refractivity contribution in [1.82, 2.24) is 30.0 Å². The van der Waals surface area contributed by atoms with Crippen LogP contribution in [0, 0.1) is 13.8 Å². The van der Waals surface area contributed by atoms with E-state index >= 15 is 0 Å². The Bertz CT molecular complexity index is 829. The fraction of sp³-hybridized carbons (Fsp3) is 0.235. The van der Waals surface area contributed by atoms with Gasteiger partial charge < -0.3 is 5.32 Å². The van der Waals surface area contributed by atoms with Gasteiger partial charge in [0.15, 0.2) is 5.82 Å². The van der Waals surface area contributed by atoms with E-state index in [1.165, 1.54) is 0 Å². The number of aromatic nitrogens is 5. The quantitative estimate of drug-likeness (QED) is 0.772. The zero-order chi connectivity index (χ0) is 16.9. The summed E-state index contributed by atoms with van der Waals surface area (Å²) in [6, 6.07) is 7.39. The van der Waals surface area contributed by atoms with Crippen LogP contribution in [-0.4, -0.2) is 37.2 Å². The van der Waals surface area contributed by atoms with E-state index in [1.54, 1.807) is 24.7 Å². The number of pyridine rings is 1. The second-order valence-electron chi connectivity index (χ2n) is 5.33. The van der Waals surface area contributed by atoms with Crippen molar-refractivity contribution in [1.29, 1.82) is 0 Å². The Morgan fingerprint density at radius 3 is 2.54 bits per heavy atom. The van der Waals surface area contributed by atoms with Crippen molar-refractivity contribution < 1.29 is 4.79 Å². The monoisotopic (exact) mass is 322 g/mol. The Kier molecular flexibility index (Phi) is 4.60. The average Bonchev–Trinajstić information content (AvgIpc) is 2.91. The number of hydrogen-bond acceptors (Lipinski definition) is 5. The SMILES string of the molecule is Cc1nn(-c2ccccn2)c(C)c1CCNC(=O)c1ncccn1. The van der Waals surface area contributed by atoms with E-state index in [-0.39, 0.29) is 11.7 Å². The molecule has 3 rings (SSSR count). The molecule has 122 valence electrons. The summed E-state index contributed by atoms with van der Waals surface area (Å²) in [6.45, 7) is 4.46. The van der Waals surface area contributed by atoms with Gasteiger partial charge in [0.2, 0.25) is 5.82 Å². The summed E-state index contributed by atoms with van der Waals surface area (Å²) in [4.78, 5) is 24.2. The van der Waals surface area contributed by atoms with Crippen molar-refractivity contribution in [3.05, 3.63) is 65.6 Å². The fourth-order valence-electron chi connectivity index (χ4n) is 2.54. The summed E-state index contributed by atoms with van der Waals surface area (Å²) in [5, 5.41) is 7.39. The summed E-state index contributed by atoms with van der Waals surface area (Å²) in [5.74, 6) is 0.684. The van der Waals surface area contributed by atoms with Crippen LogP contribution in [0.5, 0.6) is 0 Å². The van der Waals surface area contributed by atoms with Crippen molar-refractivity contribution >= 4 is 5.91 Å². The van der Waals surface area contributed by atoms with Crippen LogP contribution in [-0.2, 0) is 6.42 Å².